The molecule has 35 heavy (non-hydrogen) atoms. The lowest BCUT2D eigenvalue weighted by Crippen LogP contribution is -2.46. The molecule has 3 aromatic carbocycles. The Labute approximate surface area is 205 Å². The van der Waals surface area contributed by atoms with Gasteiger partial charge in [0.15, 0.2) is 0 Å². The Morgan fingerprint density at radius 1 is 0.914 bits per heavy atom. The molecule has 1 amide bonds. The van der Waals surface area contributed by atoms with Crippen LogP contribution in [0.15, 0.2) is 60.7 Å². The first-order chi connectivity index (χ1) is 17.2. The summed E-state index contributed by atoms with van der Waals surface area (Å²) in [6, 6.07) is 21.3. The van der Waals surface area contributed by atoms with E-state index in [2.05, 4.69) is 86.9 Å². The topological polar surface area (TPSA) is 76.3 Å². The molecule has 2 aliphatic heterocycles. The monoisotopic (exact) mass is 466 g/mol. The molecule has 1 fully saturated rings. The number of nitrogens with zero attached hydrogens (tertiary/aromatic N) is 3. The van der Waals surface area contributed by atoms with Crippen molar-refractivity contribution in [2.24, 2.45) is 0 Å². The van der Waals surface area contributed by atoms with Gasteiger partial charge in [-0.2, -0.15) is 0 Å². The number of amides is 1. The first-order valence-electron chi connectivity index (χ1n) is 12.4. The van der Waals surface area contributed by atoms with E-state index in [9.17, 15) is 4.79 Å². The SMILES string of the molecule is CCc1ccc(-c2nc3c(N4CCN(Cc5ccc6c(c5)NCC(=O)N6)CC4)cccc3[nH]2)cc1. The van der Waals surface area contributed by atoms with Gasteiger partial charge in [-0.15, -0.1) is 0 Å². The van der Waals surface area contributed by atoms with Crippen LogP contribution < -0.4 is 15.5 Å². The van der Waals surface area contributed by atoms with Crippen molar-refractivity contribution >= 4 is 34.0 Å². The van der Waals surface area contributed by atoms with Crippen molar-refractivity contribution in [2.75, 3.05) is 48.3 Å². The van der Waals surface area contributed by atoms with E-state index in [1.165, 1.54) is 16.8 Å². The average Bonchev–Trinajstić information content (AvgIpc) is 3.34. The van der Waals surface area contributed by atoms with Crippen LogP contribution in [-0.4, -0.2) is 53.5 Å². The van der Waals surface area contributed by atoms with Gasteiger partial charge in [-0.25, -0.2) is 4.98 Å². The zero-order chi connectivity index (χ0) is 23.8. The number of anilines is 3. The van der Waals surface area contributed by atoms with E-state index in [1.54, 1.807) is 0 Å². The van der Waals surface area contributed by atoms with Crippen LogP contribution in [0, 0.1) is 0 Å². The summed E-state index contributed by atoms with van der Waals surface area (Å²) in [6.07, 6.45) is 1.04. The molecule has 6 rings (SSSR count). The summed E-state index contributed by atoms with van der Waals surface area (Å²) in [5.41, 5.74) is 8.90. The maximum Gasteiger partial charge on any atom is 0.243 e. The molecule has 178 valence electrons. The minimum atomic E-state index is 0.00910. The standard InChI is InChI=1S/C28H30N6O/c1-2-19-6-9-21(10-7-19)28-31-23-4-3-5-25(27(23)32-28)34-14-12-33(13-15-34)18-20-8-11-22-24(16-20)29-17-26(35)30-22/h3-11,16,29H,2,12-15,17-18H2,1H3,(H,30,35)(H,31,32). The van der Waals surface area contributed by atoms with Crippen molar-refractivity contribution < 1.29 is 4.79 Å². The van der Waals surface area contributed by atoms with Crippen LogP contribution in [-0.2, 0) is 17.8 Å². The van der Waals surface area contributed by atoms with Gasteiger partial charge in [-0.1, -0.05) is 43.3 Å². The van der Waals surface area contributed by atoms with Gasteiger partial charge in [-0.3, -0.25) is 9.69 Å². The summed E-state index contributed by atoms with van der Waals surface area (Å²) in [6.45, 7) is 7.33. The zero-order valence-electron chi connectivity index (χ0n) is 20.0. The number of carbonyl (C=O) groups excluding carboxylic acids is 1. The fraction of sp³-hybridized carbons (Fsp3) is 0.286. The molecule has 7 nitrogen and oxygen atoms in total. The first-order valence-corrected chi connectivity index (χ1v) is 12.4. The van der Waals surface area contributed by atoms with E-state index in [0.29, 0.717) is 6.54 Å². The number of H-pyrrole nitrogens is 1. The molecule has 0 spiro atoms. The van der Waals surface area contributed by atoms with E-state index < -0.39 is 0 Å². The predicted octanol–water partition coefficient (Wildman–Crippen LogP) is 4.48. The lowest BCUT2D eigenvalue weighted by atomic mass is 10.1. The molecule has 4 aromatic rings. The number of aromatic amines is 1. The number of para-hydroxylation sites is 1. The molecule has 2 aliphatic rings. The van der Waals surface area contributed by atoms with Crippen molar-refractivity contribution in [3.63, 3.8) is 0 Å². The Hall–Kier alpha value is -3.84. The minimum Gasteiger partial charge on any atom is -0.374 e. The van der Waals surface area contributed by atoms with Gasteiger partial charge in [0.2, 0.25) is 5.91 Å². The molecule has 0 aliphatic carbocycles. The molecular formula is C28H30N6O. The van der Waals surface area contributed by atoms with Gasteiger partial charge in [0.1, 0.15) is 11.3 Å². The summed E-state index contributed by atoms with van der Waals surface area (Å²) in [7, 11) is 0. The van der Waals surface area contributed by atoms with Gasteiger partial charge in [0, 0.05) is 38.3 Å². The highest BCUT2D eigenvalue weighted by molar-refractivity contribution is 6.00. The molecule has 0 saturated carbocycles. The normalized spacial score (nSPS) is 16.1. The number of hydrogen-bond donors (Lipinski definition) is 3. The summed E-state index contributed by atoms with van der Waals surface area (Å²) in [5.74, 6) is 0.931. The summed E-state index contributed by atoms with van der Waals surface area (Å²) >= 11 is 0. The molecule has 3 N–H and O–H groups in total. The molecule has 3 heterocycles. The highest BCUT2D eigenvalue weighted by atomic mass is 16.2. The number of benzene rings is 3. The van der Waals surface area contributed by atoms with Gasteiger partial charge in [0.25, 0.3) is 0 Å². The number of nitrogens with one attached hydrogen (secondary N) is 3. The van der Waals surface area contributed by atoms with Gasteiger partial charge in [-0.05, 0) is 41.8 Å². The molecule has 7 heteroatoms. The highest BCUT2D eigenvalue weighted by Crippen LogP contribution is 2.30. The van der Waals surface area contributed by atoms with E-state index >= 15 is 0 Å². The Balaban J connectivity index is 1.15. The second-order valence-electron chi connectivity index (χ2n) is 9.35. The molecule has 1 saturated heterocycles. The Morgan fingerprint density at radius 2 is 1.71 bits per heavy atom. The van der Waals surface area contributed by atoms with Gasteiger partial charge < -0.3 is 20.5 Å². The lowest BCUT2D eigenvalue weighted by molar-refractivity contribution is -0.114. The number of fused-ring (bicyclic) bond motifs is 2. The van der Waals surface area contributed by atoms with Crippen molar-refractivity contribution in [3.8, 4) is 11.4 Å². The first kappa shape index (κ1) is 21.7. The fourth-order valence-electron chi connectivity index (χ4n) is 5.03. The number of carbonyl (C=O) groups is 1. The van der Waals surface area contributed by atoms with Crippen molar-refractivity contribution in [1.82, 2.24) is 14.9 Å². The van der Waals surface area contributed by atoms with Crippen LogP contribution in [0.1, 0.15) is 18.1 Å². The molecular weight excluding hydrogens is 436 g/mol. The van der Waals surface area contributed by atoms with E-state index in [4.69, 9.17) is 4.98 Å². The van der Waals surface area contributed by atoms with Crippen LogP contribution in [0.2, 0.25) is 0 Å². The highest BCUT2D eigenvalue weighted by Gasteiger charge is 2.21. The molecule has 0 radical (unpaired) electrons. The van der Waals surface area contributed by atoms with E-state index in [0.717, 1.165) is 72.9 Å². The quantitative estimate of drug-likeness (QED) is 0.404. The fourth-order valence-corrected chi connectivity index (χ4v) is 5.03. The third kappa shape index (κ3) is 4.35. The maximum atomic E-state index is 11.6. The van der Waals surface area contributed by atoms with Crippen LogP contribution in [0.3, 0.4) is 0 Å². The van der Waals surface area contributed by atoms with E-state index in [1.807, 2.05) is 6.07 Å². The summed E-state index contributed by atoms with van der Waals surface area (Å²) in [5, 5.41) is 6.12. The minimum absolute atomic E-state index is 0.00910. The average molecular weight is 467 g/mol. The number of hydrogen-bond acceptors (Lipinski definition) is 5. The largest absolute Gasteiger partial charge is 0.374 e. The van der Waals surface area contributed by atoms with E-state index in [-0.39, 0.29) is 5.91 Å². The van der Waals surface area contributed by atoms with Gasteiger partial charge in [0.05, 0.1) is 29.1 Å². The van der Waals surface area contributed by atoms with Crippen LogP contribution in [0.4, 0.5) is 17.1 Å². The Morgan fingerprint density at radius 3 is 2.51 bits per heavy atom. The number of imidazole rings is 1. The second-order valence-corrected chi connectivity index (χ2v) is 9.35. The Bertz CT molecular complexity index is 1370. The second kappa shape index (κ2) is 9.07. The zero-order valence-corrected chi connectivity index (χ0v) is 20.0. The van der Waals surface area contributed by atoms with Crippen molar-refractivity contribution in [2.45, 2.75) is 19.9 Å². The number of aryl methyl sites for hydroxylation is 1. The molecule has 0 unspecified atom stereocenters. The number of aromatic nitrogens is 2. The lowest BCUT2D eigenvalue weighted by Gasteiger charge is -2.36. The smallest absolute Gasteiger partial charge is 0.243 e. The molecule has 0 bridgehead atoms. The van der Waals surface area contributed by atoms with Crippen LogP contribution >= 0.6 is 0 Å². The summed E-state index contributed by atoms with van der Waals surface area (Å²) < 4.78 is 0. The number of rotatable bonds is 5. The van der Waals surface area contributed by atoms with Crippen LogP contribution in [0.5, 0.6) is 0 Å². The maximum absolute atomic E-state index is 11.6. The number of piperazine rings is 1. The summed E-state index contributed by atoms with van der Waals surface area (Å²) in [4.78, 5) is 25.0. The van der Waals surface area contributed by atoms with Crippen LogP contribution in [0.25, 0.3) is 22.4 Å². The van der Waals surface area contributed by atoms with Crippen molar-refractivity contribution in [1.29, 1.82) is 0 Å². The third-order valence-electron chi connectivity index (χ3n) is 7.04. The van der Waals surface area contributed by atoms with Crippen molar-refractivity contribution in [3.05, 3.63) is 71.8 Å². The Kier molecular flexibility index (Phi) is 5.62. The third-order valence-corrected chi connectivity index (χ3v) is 7.04. The van der Waals surface area contributed by atoms with Gasteiger partial charge >= 0.3 is 0 Å². The predicted molar refractivity (Wildman–Crippen MR) is 142 cm³/mol. The molecule has 1 aromatic heterocycles. The molecule has 0 atom stereocenters.